The van der Waals surface area contributed by atoms with Crippen molar-refractivity contribution in [1.82, 2.24) is 0 Å². The van der Waals surface area contributed by atoms with Gasteiger partial charge < -0.3 is 5.11 Å². The molecule has 2 aliphatic carbocycles. The molecule has 2 aromatic carbocycles. The Hall–Kier alpha value is -1.86. The zero-order valence-electron chi connectivity index (χ0n) is 9.35. The maximum Gasteiger partial charge on any atom is 0.0981 e. The van der Waals surface area contributed by atoms with Gasteiger partial charge >= 0.3 is 0 Å². The highest BCUT2D eigenvalue weighted by molar-refractivity contribution is 6.02. The highest BCUT2D eigenvalue weighted by Gasteiger charge is 2.22. The molecule has 0 saturated heterocycles. The van der Waals surface area contributed by atoms with E-state index >= 15 is 0 Å². The summed E-state index contributed by atoms with van der Waals surface area (Å²) in [5.74, 6) is 0. The van der Waals surface area contributed by atoms with Crippen molar-refractivity contribution in [2.24, 2.45) is 0 Å². The molecule has 4 rings (SSSR count). The van der Waals surface area contributed by atoms with Crippen LogP contribution in [0.2, 0.25) is 0 Å². The molecule has 0 saturated carbocycles. The summed E-state index contributed by atoms with van der Waals surface area (Å²) >= 11 is 0. The number of benzene rings is 2. The average molecular weight is 220 g/mol. The molecule has 17 heavy (non-hydrogen) atoms. The van der Waals surface area contributed by atoms with Crippen LogP contribution < -0.4 is 0 Å². The fourth-order valence-electron chi connectivity index (χ4n) is 2.97. The summed E-state index contributed by atoms with van der Waals surface area (Å²) in [5, 5.41) is 12.6. The molecule has 0 bridgehead atoms. The van der Waals surface area contributed by atoms with Crippen LogP contribution in [-0.2, 0) is 6.42 Å². The summed E-state index contributed by atoms with van der Waals surface area (Å²) in [7, 11) is 0. The number of hydrogen-bond acceptors (Lipinski definition) is 1. The van der Waals surface area contributed by atoms with E-state index in [-0.39, 0.29) is 0 Å². The first-order valence-corrected chi connectivity index (χ1v) is 5.96. The third-order valence-corrected chi connectivity index (χ3v) is 3.77. The van der Waals surface area contributed by atoms with E-state index in [1.807, 2.05) is 12.2 Å². The van der Waals surface area contributed by atoms with Crippen molar-refractivity contribution in [1.29, 1.82) is 0 Å². The highest BCUT2D eigenvalue weighted by atomic mass is 16.3. The van der Waals surface area contributed by atoms with Gasteiger partial charge in [0.25, 0.3) is 0 Å². The number of aliphatic hydroxyl groups is 1. The monoisotopic (exact) mass is 220 g/mol. The normalized spacial score (nSPS) is 20.5. The minimum absolute atomic E-state index is 0.460. The molecule has 2 aliphatic rings. The third-order valence-electron chi connectivity index (χ3n) is 3.77. The van der Waals surface area contributed by atoms with Gasteiger partial charge in [-0.1, -0.05) is 48.6 Å². The van der Waals surface area contributed by atoms with E-state index in [1.54, 1.807) is 0 Å². The second kappa shape index (κ2) is 3.08. The van der Waals surface area contributed by atoms with Crippen LogP contribution >= 0.6 is 0 Å². The van der Waals surface area contributed by atoms with Crippen LogP contribution in [0.3, 0.4) is 0 Å². The minimum Gasteiger partial charge on any atom is -0.384 e. The molecule has 1 N–H and O–H groups in total. The quantitative estimate of drug-likeness (QED) is 0.721. The molecule has 0 amide bonds. The molecule has 0 heterocycles. The molecule has 1 unspecified atom stereocenters. The van der Waals surface area contributed by atoms with Crippen molar-refractivity contribution >= 4 is 16.3 Å². The van der Waals surface area contributed by atoms with E-state index in [2.05, 4.69) is 36.4 Å². The summed E-state index contributed by atoms with van der Waals surface area (Å²) in [6, 6.07) is 10.6. The van der Waals surface area contributed by atoms with Crippen molar-refractivity contribution in [3.8, 4) is 0 Å². The van der Waals surface area contributed by atoms with Gasteiger partial charge in [0.05, 0.1) is 6.10 Å². The van der Waals surface area contributed by atoms with E-state index in [9.17, 15) is 5.11 Å². The van der Waals surface area contributed by atoms with Gasteiger partial charge in [-0.15, -0.1) is 0 Å². The zero-order chi connectivity index (χ0) is 11.4. The van der Waals surface area contributed by atoms with Crippen molar-refractivity contribution in [3.05, 3.63) is 65.3 Å². The van der Waals surface area contributed by atoms with E-state index in [4.69, 9.17) is 0 Å². The summed E-state index contributed by atoms with van der Waals surface area (Å²) in [4.78, 5) is 0. The maximum absolute atomic E-state index is 10.0. The number of aliphatic hydroxyl groups excluding tert-OH is 1. The molecular weight excluding hydrogens is 208 g/mol. The van der Waals surface area contributed by atoms with Gasteiger partial charge in [-0.05, 0) is 39.5 Å². The molecule has 1 heteroatoms. The summed E-state index contributed by atoms with van der Waals surface area (Å²) in [6.45, 7) is 0. The van der Waals surface area contributed by atoms with Crippen LogP contribution in [0.1, 0.15) is 22.8 Å². The van der Waals surface area contributed by atoms with Crippen LogP contribution in [0, 0.1) is 0 Å². The zero-order valence-corrected chi connectivity index (χ0v) is 9.35. The third kappa shape index (κ3) is 1.12. The molecule has 0 aromatic heterocycles. The standard InChI is InChI=1S/C16H12O/c17-14-9-7-12-5-4-10-2-1-3-11-6-8-13(14)16(12)15(10)11/h1-3,5-9,14,17H,4H2. The van der Waals surface area contributed by atoms with Gasteiger partial charge in [-0.2, -0.15) is 0 Å². The van der Waals surface area contributed by atoms with E-state index in [1.165, 1.54) is 27.5 Å². The smallest absolute Gasteiger partial charge is 0.0981 e. The Morgan fingerprint density at radius 2 is 2.06 bits per heavy atom. The molecule has 82 valence electrons. The molecule has 0 aliphatic heterocycles. The van der Waals surface area contributed by atoms with E-state index < -0.39 is 6.10 Å². The first-order valence-electron chi connectivity index (χ1n) is 5.96. The first kappa shape index (κ1) is 9.20. The van der Waals surface area contributed by atoms with Crippen molar-refractivity contribution in [2.45, 2.75) is 12.5 Å². The van der Waals surface area contributed by atoms with E-state index in [0.29, 0.717) is 0 Å². The lowest BCUT2D eigenvalue weighted by Gasteiger charge is -2.25. The van der Waals surface area contributed by atoms with Crippen molar-refractivity contribution in [3.63, 3.8) is 0 Å². The summed E-state index contributed by atoms with van der Waals surface area (Å²) in [5.41, 5.74) is 4.90. The summed E-state index contributed by atoms with van der Waals surface area (Å²) in [6.07, 6.45) is 6.70. The lowest BCUT2D eigenvalue weighted by atomic mass is 9.81. The summed E-state index contributed by atoms with van der Waals surface area (Å²) < 4.78 is 0. The van der Waals surface area contributed by atoms with E-state index in [0.717, 1.165) is 12.0 Å². The Balaban J connectivity index is 2.23. The fraction of sp³-hybridized carbons (Fsp3) is 0.125. The lowest BCUT2D eigenvalue weighted by Crippen LogP contribution is -2.08. The number of hydrogen-bond donors (Lipinski definition) is 1. The van der Waals surface area contributed by atoms with Crippen LogP contribution in [0.5, 0.6) is 0 Å². The number of rotatable bonds is 0. The average Bonchev–Trinajstić information content (AvgIpc) is 2.38. The Kier molecular flexibility index (Phi) is 1.67. The molecule has 0 fully saturated rings. The maximum atomic E-state index is 10.0. The van der Waals surface area contributed by atoms with Gasteiger partial charge in [0.2, 0.25) is 0 Å². The van der Waals surface area contributed by atoms with Gasteiger partial charge in [0.15, 0.2) is 0 Å². The predicted molar refractivity (Wildman–Crippen MR) is 69.7 cm³/mol. The number of allylic oxidation sites excluding steroid dienone is 3. The highest BCUT2D eigenvalue weighted by Crippen LogP contribution is 2.41. The Bertz CT molecular complexity index is 692. The van der Waals surface area contributed by atoms with Crippen molar-refractivity contribution in [2.75, 3.05) is 0 Å². The Labute approximate surface area is 99.7 Å². The molecule has 0 radical (unpaired) electrons. The second-order valence-corrected chi connectivity index (χ2v) is 4.71. The molecule has 1 nitrogen and oxygen atoms in total. The minimum atomic E-state index is -0.460. The molecule has 2 aromatic rings. The lowest BCUT2D eigenvalue weighted by molar-refractivity contribution is 0.227. The van der Waals surface area contributed by atoms with Gasteiger partial charge in [0.1, 0.15) is 0 Å². The predicted octanol–water partition coefficient (Wildman–Crippen LogP) is 3.38. The first-order chi connectivity index (χ1) is 8.34. The van der Waals surface area contributed by atoms with Crippen LogP contribution in [-0.4, -0.2) is 5.11 Å². The van der Waals surface area contributed by atoms with Crippen LogP contribution in [0.15, 0.2) is 48.6 Å². The topological polar surface area (TPSA) is 20.2 Å². The molecule has 1 atom stereocenters. The van der Waals surface area contributed by atoms with Gasteiger partial charge in [-0.3, -0.25) is 0 Å². The second-order valence-electron chi connectivity index (χ2n) is 4.71. The fourth-order valence-corrected chi connectivity index (χ4v) is 2.97. The van der Waals surface area contributed by atoms with Crippen LogP contribution in [0.4, 0.5) is 0 Å². The largest absolute Gasteiger partial charge is 0.384 e. The Morgan fingerprint density at radius 1 is 1.12 bits per heavy atom. The van der Waals surface area contributed by atoms with Gasteiger partial charge in [0, 0.05) is 0 Å². The Morgan fingerprint density at radius 3 is 3.00 bits per heavy atom. The molecule has 0 spiro atoms. The SMILES string of the molecule is OC1C=CC2=CCc3cccc4ccc1c2c34. The van der Waals surface area contributed by atoms with Crippen LogP contribution in [0.25, 0.3) is 16.3 Å². The van der Waals surface area contributed by atoms with Crippen molar-refractivity contribution < 1.29 is 5.11 Å². The van der Waals surface area contributed by atoms with Gasteiger partial charge in [-0.25, -0.2) is 0 Å². The molecular formula is C16H12O.